The van der Waals surface area contributed by atoms with Gasteiger partial charge >= 0.3 is 0 Å². The second kappa shape index (κ2) is 19.2. The quantitative estimate of drug-likeness (QED) is 0.144. The van der Waals surface area contributed by atoms with Crippen LogP contribution in [0.2, 0.25) is 0 Å². The maximum atomic E-state index is 11.8. The molecule has 0 spiro atoms. The number of carbonyl (C=O) groups is 1. The van der Waals surface area contributed by atoms with Crippen LogP contribution in [-0.4, -0.2) is 22.5 Å². The van der Waals surface area contributed by atoms with Crippen LogP contribution in [0.15, 0.2) is 0 Å². The van der Waals surface area contributed by atoms with Crippen LogP contribution in [-0.2, 0) is 9.36 Å². The topological polar surface area (TPSA) is 54.4 Å². The van der Waals surface area contributed by atoms with Gasteiger partial charge in [-0.25, -0.2) is 0 Å². The third-order valence-corrected chi connectivity index (χ3v) is 6.65. The standard InChI is InChI=1S/C19H38ClO3P.ClH/c1-2-3-4-5-6-7-8-9-10-11-12-13-14-15-17-24(22,23)18-16-19(20)21;/h2-18H2,1H3,(H,22,23);1H. The average Bonchev–Trinajstić information content (AvgIpc) is 2.53. The van der Waals surface area contributed by atoms with Gasteiger partial charge in [0.25, 0.3) is 0 Å². The van der Waals surface area contributed by atoms with E-state index in [0.717, 1.165) is 19.3 Å². The molecule has 0 aromatic rings. The largest absolute Gasteiger partial charge is 0.344 e. The first kappa shape index (κ1) is 27.7. The summed E-state index contributed by atoms with van der Waals surface area (Å²) >= 11 is 5.20. The molecule has 0 saturated carbocycles. The molecule has 1 atom stereocenters. The van der Waals surface area contributed by atoms with Gasteiger partial charge in [0.05, 0.1) is 0 Å². The Kier molecular flexibility index (Phi) is 21.2. The highest BCUT2D eigenvalue weighted by molar-refractivity contribution is 7.58. The fourth-order valence-electron chi connectivity index (χ4n) is 2.93. The van der Waals surface area contributed by atoms with Crippen molar-refractivity contribution in [2.24, 2.45) is 0 Å². The Labute approximate surface area is 166 Å². The summed E-state index contributed by atoms with van der Waals surface area (Å²) in [7, 11) is -3.14. The Morgan fingerprint density at radius 2 is 1.12 bits per heavy atom. The van der Waals surface area contributed by atoms with Crippen molar-refractivity contribution in [3.05, 3.63) is 0 Å². The van der Waals surface area contributed by atoms with Gasteiger partial charge in [0.1, 0.15) is 0 Å². The van der Waals surface area contributed by atoms with Crippen molar-refractivity contribution < 1.29 is 14.3 Å². The minimum absolute atomic E-state index is 0. The summed E-state index contributed by atoms with van der Waals surface area (Å²) in [5.41, 5.74) is 0. The van der Waals surface area contributed by atoms with E-state index in [2.05, 4.69) is 6.92 Å². The van der Waals surface area contributed by atoms with Crippen molar-refractivity contribution in [2.45, 2.75) is 103 Å². The lowest BCUT2D eigenvalue weighted by Gasteiger charge is -2.09. The van der Waals surface area contributed by atoms with E-state index in [1.807, 2.05) is 0 Å². The monoisotopic (exact) mass is 416 g/mol. The highest BCUT2D eigenvalue weighted by atomic mass is 35.5. The lowest BCUT2D eigenvalue weighted by Crippen LogP contribution is -1.98. The van der Waals surface area contributed by atoms with Gasteiger partial charge in [-0.05, 0) is 18.0 Å². The molecule has 1 N–H and O–H groups in total. The fourth-order valence-corrected chi connectivity index (χ4v) is 4.65. The van der Waals surface area contributed by atoms with E-state index in [1.165, 1.54) is 70.6 Å². The summed E-state index contributed by atoms with van der Waals surface area (Å²) in [6.07, 6.45) is 18.2. The molecule has 0 saturated heterocycles. The fraction of sp³-hybridized carbons (Fsp3) is 0.947. The molecule has 1 unspecified atom stereocenters. The number of unbranched alkanes of at least 4 members (excludes halogenated alkanes) is 13. The van der Waals surface area contributed by atoms with Crippen LogP contribution in [0.3, 0.4) is 0 Å². The molecule has 152 valence electrons. The minimum Gasteiger partial charge on any atom is -0.344 e. The first-order valence-corrected chi connectivity index (χ1v) is 12.4. The molecule has 0 aromatic carbocycles. The predicted octanol–water partition coefficient (Wildman–Crippen LogP) is 7.32. The van der Waals surface area contributed by atoms with Crippen LogP contribution in [0.4, 0.5) is 0 Å². The van der Waals surface area contributed by atoms with Gasteiger partial charge in [-0.1, -0.05) is 90.4 Å². The number of halogens is 2. The van der Waals surface area contributed by atoms with Crippen molar-refractivity contribution >= 4 is 36.6 Å². The third kappa shape index (κ3) is 22.4. The molecule has 0 bridgehead atoms. The SMILES string of the molecule is CCCCCCCCCCCCCCCCP(=O)(O)CCC(=O)Cl.Cl. The smallest absolute Gasteiger partial charge is 0.222 e. The molecular weight excluding hydrogens is 378 g/mol. The van der Waals surface area contributed by atoms with Gasteiger partial charge in [-0.2, -0.15) is 0 Å². The van der Waals surface area contributed by atoms with E-state index in [9.17, 15) is 14.3 Å². The summed E-state index contributed by atoms with van der Waals surface area (Å²) in [4.78, 5) is 20.3. The molecule has 0 rings (SSSR count). The average molecular weight is 417 g/mol. The van der Waals surface area contributed by atoms with Gasteiger partial charge < -0.3 is 4.89 Å². The van der Waals surface area contributed by atoms with E-state index in [0.29, 0.717) is 6.16 Å². The highest BCUT2D eigenvalue weighted by Gasteiger charge is 2.18. The van der Waals surface area contributed by atoms with E-state index in [4.69, 9.17) is 11.6 Å². The molecule has 0 aliphatic carbocycles. The summed E-state index contributed by atoms with van der Waals surface area (Å²) in [6.45, 7) is 2.26. The van der Waals surface area contributed by atoms with E-state index >= 15 is 0 Å². The lowest BCUT2D eigenvalue weighted by atomic mass is 10.0. The van der Waals surface area contributed by atoms with Crippen molar-refractivity contribution in [3.63, 3.8) is 0 Å². The first-order valence-electron chi connectivity index (χ1n) is 9.97. The Bertz CT molecular complexity index is 352. The number of hydrogen-bond donors (Lipinski definition) is 1. The molecule has 3 nitrogen and oxygen atoms in total. The van der Waals surface area contributed by atoms with Crippen LogP contribution in [0.25, 0.3) is 0 Å². The molecule has 0 aliphatic heterocycles. The normalized spacial score (nSPS) is 13.2. The molecule has 0 aliphatic rings. The van der Waals surface area contributed by atoms with Gasteiger partial charge in [0.2, 0.25) is 12.6 Å². The maximum absolute atomic E-state index is 11.8. The lowest BCUT2D eigenvalue weighted by molar-refractivity contribution is -0.111. The van der Waals surface area contributed by atoms with Gasteiger partial charge in [0.15, 0.2) is 0 Å². The van der Waals surface area contributed by atoms with Gasteiger partial charge in [-0.3, -0.25) is 9.36 Å². The van der Waals surface area contributed by atoms with E-state index in [1.54, 1.807) is 0 Å². The van der Waals surface area contributed by atoms with Crippen LogP contribution < -0.4 is 0 Å². The first-order chi connectivity index (χ1) is 11.5. The van der Waals surface area contributed by atoms with Crippen molar-refractivity contribution in [1.29, 1.82) is 0 Å². The highest BCUT2D eigenvalue weighted by Crippen LogP contribution is 2.42. The van der Waals surface area contributed by atoms with Crippen LogP contribution in [0.5, 0.6) is 0 Å². The van der Waals surface area contributed by atoms with Gasteiger partial charge in [-0.15, -0.1) is 12.4 Å². The molecule has 25 heavy (non-hydrogen) atoms. The zero-order valence-corrected chi connectivity index (χ0v) is 18.5. The Balaban J connectivity index is 0. The van der Waals surface area contributed by atoms with Crippen LogP contribution in [0, 0.1) is 0 Å². The Hall–Kier alpha value is 0.440. The molecule has 0 heterocycles. The van der Waals surface area contributed by atoms with Gasteiger partial charge in [0, 0.05) is 18.7 Å². The van der Waals surface area contributed by atoms with Crippen molar-refractivity contribution in [2.75, 3.05) is 12.3 Å². The molecular formula is C19H39Cl2O3P. The number of hydrogen-bond acceptors (Lipinski definition) is 2. The molecule has 0 aromatic heterocycles. The minimum atomic E-state index is -3.14. The summed E-state index contributed by atoms with van der Waals surface area (Å²) in [5.74, 6) is 0. The molecule has 0 amide bonds. The second-order valence-electron chi connectivity index (χ2n) is 6.99. The van der Waals surface area contributed by atoms with Crippen LogP contribution in [0.1, 0.15) is 103 Å². The Morgan fingerprint density at radius 3 is 1.48 bits per heavy atom. The summed E-state index contributed by atoms with van der Waals surface area (Å²) in [5, 5.41) is -0.523. The van der Waals surface area contributed by atoms with E-state index in [-0.39, 0.29) is 25.0 Å². The molecule has 0 radical (unpaired) electrons. The van der Waals surface area contributed by atoms with Crippen molar-refractivity contribution in [3.8, 4) is 0 Å². The number of carbonyl (C=O) groups excluding carboxylic acids is 1. The van der Waals surface area contributed by atoms with E-state index < -0.39 is 12.6 Å². The van der Waals surface area contributed by atoms with Crippen molar-refractivity contribution in [1.82, 2.24) is 0 Å². The predicted molar refractivity (Wildman–Crippen MR) is 113 cm³/mol. The molecule has 6 heteroatoms. The number of rotatable bonds is 18. The third-order valence-electron chi connectivity index (χ3n) is 4.52. The second-order valence-corrected chi connectivity index (χ2v) is 10.0. The van der Waals surface area contributed by atoms with Crippen LogP contribution >= 0.6 is 31.4 Å². The maximum Gasteiger partial charge on any atom is 0.222 e. The summed E-state index contributed by atoms with van der Waals surface area (Å²) in [6, 6.07) is 0. The summed E-state index contributed by atoms with van der Waals surface area (Å²) < 4.78 is 11.8. The Morgan fingerprint density at radius 1 is 0.760 bits per heavy atom. The zero-order valence-electron chi connectivity index (χ0n) is 16.0. The zero-order chi connectivity index (χ0) is 18.1. The molecule has 0 fully saturated rings.